The number of rotatable bonds is 2. The highest BCUT2D eigenvalue weighted by Crippen LogP contribution is 2.08. The Hall–Kier alpha value is -1.91. The first-order valence-electron chi connectivity index (χ1n) is 5.12. The van der Waals surface area contributed by atoms with Gasteiger partial charge in [0.2, 0.25) is 5.65 Å². The smallest absolute Gasteiger partial charge is 0.326 e. The van der Waals surface area contributed by atoms with E-state index in [1.807, 2.05) is 66.8 Å². The van der Waals surface area contributed by atoms with Crippen LogP contribution in [0.25, 0.3) is 5.65 Å². The fraction of sp³-hybridized carbons (Fsp3) is 0.364. The SMILES string of the molecule is CN(C)c1nc(N(C)C)[n+]2ccccc2n1. The number of aromatic nitrogens is 3. The van der Waals surface area contributed by atoms with E-state index in [1.54, 1.807) is 0 Å². The van der Waals surface area contributed by atoms with E-state index in [0.29, 0.717) is 0 Å². The van der Waals surface area contributed by atoms with E-state index in [0.717, 1.165) is 17.5 Å². The van der Waals surface area contributed by atoms with Crippen LogP contribution in [0.4, 0.5) is 11.9 Å². The Kier molecular flexibility index (Phi) is 2.60. The van der Waals surface area contributed by atoms with Crippen LogP contribution in [0.5, 0.6) is 0 Å². The van der Waals surface area contributed by atoms with Crippen LogP contribution in [-0.2, 0) is 0 Å². The van der Waals surface area contributed by atoms with Gasteiger partial charge in [0.1, 0.15) is 0 Å². The van der Waals surface area contributed by atoms with Crippen molar-refractivity contribution in [2.45, 2.75) is 0 Å². The number of hydrogen-bond acceptors (Lipinski definition) is 4. The van der Waals surface area contributed by atoms with Gasteiger partial charge >= 0.3 is 11.9 Å². The topological polar surface area (TPSA) is 36.4 Å². The van der Waals surface area contributed by atoms with E-state index in [-0.39, 0.29) is 0 Å². The van der Waals surface area contributed by atoms with Crippen molar-refractivity contribution in [3.63, 3.8) is 0 Å². The average molecular weight is 218 g/mol. The second-order valence-corrected chi connectivity index (χ2v) is 4.04. The first kappa shape index (κ1) is 10.6. The van der Waals surface area contributed by atoms with Gasteiger partial charge in [-0.2, -0.15) is 4.40 Å². The molecule has 0 spiro atoms. The summed E-state index contributed by atoms with van der Waals surface area (Å²) < 4.78 is 1.97. The quantitative estimate of drug-likeness (QED) is 0.681. The van der Waals surface area contributed by atoms with Crippen molar-refractivity contribution >= 4 is 17.5 Å². The highest BCUT2D eigenvalue weighted by Gasteiger charge is 2.17. The molecule has 2 heterocycles. The Morgan fingerprint density at radius 2 is 1.75 bits per heavy atom. The van der Waals surface area contributed by atoms with Crippen molar-refractivity contribution < 1.29 is 4.40 Å². The van der Waals surface area contributed by atoms with Crippen LogP contribution < -0.4 is 14.2 Å². The van der Waals surface area contributed by atoms with Crippen LogP contribution in [0.3, 0.4) is 0 Å². The molecule has 0 atom stereocenters. The van der Waals surface area contributed by atoms with Crippen molar-refractivity contribution in [2.24, 2.45) is 0 Å². The molecule has 2 aromatic heterocycles. The maximum Gasteiger partial charge on any atom is 0.358 e. The van der Waals surface area contributed by atoms with Crippen LogP contribution in [0.15, 0.2) is 24.4 Å². The van der Waals surface area contributed by atoms with Crippen LogP contribution in [0, 0.1) is 0 Å². The standard InChI is InChI=1S/C11H16N5/c1-14(2)10-12-9-7-5-6-8-16(9)11(13-10)15(3)4/h5-8H,1-4H3/q+1. The minimum atomic E-state index is 0.718. The van der Waals surface area contributed by atoms with Gasteiger partial charge in [0.25, 0.3) is 0 Å². The van der Waals surface area contributed by atoms with E-state index in [1.165, 1.54) is 0 Å². The Balaban J connectivity index is 2.74. The predicted octanol–water partition coefficient (Wildman–Crippen LogP) is 0.347. The van der Waals surface area contributed by atoms with Crippen LogP contribution >= 0.6 is 0 Å². The van der Waals surface area contributed by atoms with E-state index in [9.17, 15) is 0 Å². The Labute approximate surface area is 95.0 Å². The molecule has 0 N–H and O–H groups in total. The lowest BCUT2D eigenvalue weighted by Gasteiger charge is -2.11. The molecule has 84 valence electrons. The molecule has 0 aliphatic carbocycles. The van der Waals surface area contributed by atoms with Gasteiger partial charge in [-0.3, -0.25) is 4.90 Å². The Morgan fingerprint density at radius 3 is 2.38 bits per heavy atom. The average Bonchev–Trinajstić information content (AvgIpc) is 2.27. The largest absolute Gasteiger partial charge is 0.358 e. The molecular formula is C11H16N5+. The molecule has 5 nitrogen and oxygen atoms in total. The second-order valence-electron chi connectivity index (χ2n) is 4.04. The maximum absolute atomic E-state index is 4.50. The molecule has 0 radical (unpaired) electrons. The zero-order chi connectivity index (χ0) is 11.7. The van der Waals surface area contributed by atoms with Crippen LogP contribution in [0.2, 0.25) is 0 Å². The van der Waals surface area contributed by atoms with Crippen LogP contribution in [0.1, 0.15) is 0 Å². The summed E-state index contributed by atoms with van der Waals surface area (Å²) in [7, 11) is 7.82. The summed E-state index contributed by atoms with van der Waals surface area (Å²) in [6.07, 6.45) is 1.96. The summed E-state index contributed by atoms with van der Waals surface area (Å²) in [5, 5.41) is 0. The molecular weight excluding hydrogens is 202 g/mol. The van der Waals surface area contributed by atoms with Crippen molar-refractivity contribution in [1.29, 1.82) is 0 Å². The van der Waals surface area contributed by atoms with Crippen molar-refractivity contribution in [1.82, 2.24) is 9.97 Å². The zero-order valence-corrected chi connectivity index (χ0v) is 10.0. The zero-order valence-electron chi connectivity index (χ0n) is 10.0. The minimum Gasteiger partial charge on any atom is -0.326 e. The fourth-order valence-electron chi connectivity index (χ4n) is 1.48. The lowest BCUT2D eigenvalue weighted by molar-refractivity contribution is -0.504. The molecule has 2 aromatic rings. The van der Waals surface area contributed by atoms with Gasteiger partial charge in [0.05, 0.1) is 6.20 Å². The molecule has 2 rings (SSSR count). The summed E-state index contributed by atoms with van der Waals surface area (Å²) in [6, 6.07) is 5.92. The minimum absolute atomic E-state index is 0.718. The monoisotopic (exact) mass is 218 g/mol. The fourth-order valence-corrected chi connectivity index (χ4v) is 1.48. The molecule has 0 aliphatic rings. The first-order valence-corrected chi connectivity index (χ1v) is 5.12. The summed E-state index contributed by atoms with van der Waals surface area (Å²) in [5.41, 5.74) is 0.893. The van der Waals surface area contributed by atoms with Crippen molar-refractivity contribution in [2.75, 3.05) is 38.0 Å². The molecule has 0 fully saturated rings. The maximum atomic E-state index is 4.50. The second kappa shape index (κ2) is 3.92. The number of fused-ring (bicyclic) bond motifs is 1. The number of anilines is 2. The Bertz CT molecular complexity index is 507. The Morgan fingerprint density at radius 1 is 1.00 bits per heavy atom. The van der Waals surface area contributed by atoms with Gasteiger partial charge in [0.15, 0.2) is 0 Å². The van der Waals surface area contributed by atoms with E-state index in [2.05, 4.69) is 9.97 Å². The predicted molar refractivity (Wildman–Crippen MR) is 63.8 cm³/mol. The molecule has 0 saturated carbocycles. The molecule has 5 heteroatoms. The van der Waals surface area contributed by atoms with E-state index < -0.39 is 0 Å². The summed E-state index contributed by atoms with van der Waals surface area (Å²) in [6.45, 7) is 0. The summed E-state index contributed by atoms with van der Waals surface area (Å²) in [5.74, 6) is 1.59. The normalized spacial score (nSPS) is 10.5. The van der Waals surface area contributed by atoms with Gasteiger partial charge in [-0.15, -0.1) is 0 Å². The van der Waals surface area contributed by atoms with E-state index in [4.69, 9.17) is 0 Å². The molecule has 16 heavy (non-hydrogen) atoms. The molecule has 0 amide bonds. The third-order valence-electron chi connectivity index (χ3n) is 2.27. The lowest BCUT2D eigenvalue weighted by Crippen LogP contribution is -2.34. The summed E-state index contributed by atoms with van der Waals surface area (Å²) >= 11 is 0. The number of hydrogen-bond donors (Lipinski definition) is 0. The van der Waals surface area contributed by atoms with Gasteiger partial charge in [-0.1, -0.05) is 16.0 Å². The molecule has 0 saturated heterocycles. The highest BCUT2D eigenvalue weighted by molar-refractivity contribution is 5.41. The third kappa shape index (κ3) is 1.76. The molecule has 0 unspecified atom stereocenters. The number of pyridine rings is 1. The highest BCUT2D eigenvalue weighted by atomic mass is 15.3. The summed E-state index contributed by atoms with van der Waals surface area (Å²) in [4.78, 5) is 12.8. The molecule has 0 aromatic carbocycles. The van der Waals surface area contributed by atoms with Gasteiger partial charge < -0.3 is 4.90 Å². The number of nitrogens with zero attached hydrogens (tertiary/aromatic N) is 5. The third-order valence-corrected chi connectivity index (χ3v) is 2.27. The van der Waals surface area contributed by atoms with Gasteiger partial charge in [0, 0.05) is 34.3 Å². The van der Waals surface area contributed by atoms with Gasteiger partial charge in [-0.05, 0) is 6.07 Å². The van der Waals surface area contributed by atoms with E-state index >= 15 is 0 Å². The lowest BCUT2D eigenvalue weighted by atomic mass is 10.4. The van der Waals surface area contributed by atoms with Crippen LogP contribution in [-0.4, -0.2) is 38.2 Å². The first-order chi connectivity index (χ1) is 7.59. The van der Waals surface area contributed by atoms with Gasteiger partial charge in [-0.25, -0.2) is 0 Å². The van der Waals surface area contributed by atoms with Crippen molar-refractivity contribution in [3.8, 4) is 0 Å². The molecule has 0 bridgehead atoms. The van der Waals surface area contributed by atoms with Crippen molar-refractivity contribution in [3.05, 3.63) is 24.4 Å². The molecule has 0 aliphatic heterocycles.